The highest BCUT2D eigenvalue weighted by Gasteiger charge is 2.14. The maximum Gasteiger partial charge on any atom is 0.335 e. The Morgan fingerprint density at radius 1 is 1.35 bits per heavy atom. The van der Waals surface area contributed by atoms with Gasteiger partial charge < -0.3 is 10.1 Å². The minimum atomic E-state index is -1.03. The van der Waals surface area contributed by atoms with Gasteiger partial charge in [0.15, 0.2) is 0 Å². The average molecular weight is 271 g/mol. The number of benzene rings is 1. The standard InChI is InChI=1S/C14H13N3O3/c1-7(2)12-15-6-11-13(18)16-9-5-8(14(19)20)3-4-10(9)17(11)12/h3-7H,1-2H3,(H,16,18)(H,19,20). The fourth-order valence-electron chi connectivity index (χ4n) is 2.34. The van der Waals surface area contributed by atoms with Crippen molar-refractivity contribution in [3.8, 4) is 0 Å². The van der Waals surface area contributed by atoms with E-state index in [9.17, 15) is 9.59 Å². The Balaban J connectivity index is 2.48. The number of imidazole rings is 1. The van der Waals surface area contributed by atoms with E-state index in [1.165, 1.54) is 12.1 Å². The van der Waals surface area contributed by atoms with Crippen LogP contribution in [0, 0.1) is 0 Å². The summed E-state index contributed by atoms with van der Waals surface area (Å²) in [5.74, 6) is -0.0941. The van der Waals surface area contributed by atoms with Crippen LogP contribution in [0.4, 0.5) is 0 Å². The van der Waals surface area contributed by atoms with Gasteiger partial charge in [-0.15, -0.1) is 0 Å². The predicted molar refractivity (Wildman–Crippen MR) is 74.4 cm³/mol. The molecule has 0 aliphatic rings. The van der Waals surface area contributed by atoms with Gasteiger partial charge in [-0.2, -0.15) is 0 Å². The van der Waals surface area contributed by atoms with Gasteiger partial charge in [0.2, 0.25) is 0 Å². The molecule has 0 aliphatic carbocycles. The van der Waals surface area contributed by atoms with Crippen molar-refractivity contribution in [2.45, 2.75) is 19.8 Å². The Hall–Kier alpha value is -2.63. The van der Waals surface area contributed by atoms with Crippen LogP contribution in [0.15, 0.2) is 29.2 Å². The van der Waals surface area contributed by atoms with Crippen molar-refractivity contribution in [1.82, 2.24) is 14.4 Å². The monoisotopic (exact) mass is 271 g/mol. The van der Waals surface area contributed by atoms with Crippen LogP contribution >= 0.6 is 0 Å². The number of hydrogen-bond acceptors (Lipinski definition) is 3. The lowest BCUT2D eigenvalue weighted by molar-refractivity contribution is 0.0697. The molecule has 3 aromatic rings. The molecule has 0 unspecified atom stereocenters. The maximum absolute atomic E-state index is 12.0. The molecule has 6 heteroatoms. The number of rotatable bonds is 2. The fraction of sp³-hybridized carbons (Fsp3) is 0.214. The minimum absolute atomic E-state index is 0.138. The summed E-state index contributed by atoms with van der Waals surface area (Å²) in [6, 6.07) is 4.67. The molecule has 0 atom stereocenters. The lowest BCUT2D eigenvalue weighted by Gasteiger charge is -2.08. The van der Waals surface area contributed by atoms with Crippen LogP contribution in [0.1, 0.15) is 35.9 Å². The summed E-state index contributed by atoms with van der Waals surface area (Å²) in [6.45, 7) is 3.99. The maximum atomic E-state index is 12.0. The summed E-state index contributed by atoms with van der Waals surface area (Å²) in [5, 5.41) is 9.02. The molecule has 2 aromatic heterocycles. The third kappa shape index (κ3) is 1.69. The second-order valence-electron chi connectivity index (χ2n) is 4.98. The molecule has 0 spiro atoms. The van der Waals surface area contributed by atoms with Gasteiger partial charge in [0.05, 0.1) is 22.8 Å². The Bertz CT molecular complexity index is 890. The van der Waals surface area contributed by atoms with E-state index in [2.05, 4.69) is 9.97 Å². The van der Waals surface area contributed by atoms with Crippen molar-refractivity contribution in [2.75, 3.05) is 0 Å². The topological polar surface area (TPSA) is 87.5 Å². The van der Waals surface area contributed by atoms with Crippen LogP contribution in [0.25, 0.3) is 16.6 Å². The molecule has 3 rings (SSSR count). The van der Waals surface area contributed by atoms with Crippen LogP contribution in [0.2, 0.25) is 0 Å². The third-order valence-corrected chi connectivity index (χ3v) is 3.27. The summed E-state index contributed by atoms with van der Waals surface area (Å²) in [7, 11) is 0. The number of carboxylic acids is 1. The predicted octanol–water partition coefficient (Wildman–Crippen LogP) is 2.00. The number of nitrogens with zero attached hydrogens (tertiary/aromatic N) is 2. The highest BCUT2D eigenvalue weighted by Crippen LogP contribution is 2.20. The van der Waals surface area contributed by atoms with Gasteiger partial charge in [-0.25, -0.2) is 9.78 Å². The van der Waals surface area contributed by atoms with E-state index in [0.29, 0.717) is 11.0 Å². The molecule has 0 amide bonds. The third-order valence-electron chi connectivity index (χ3n) is 3.27. The molecule has 102 valence electrons. The minimum Gasteiger partial charge on any atom is -0.478 e. The molecule has 0 saturated carbocycles. The first-order valence-corrected chi connectivity index (χ1v) is 6.25. The molecule has 6 nitrogen and oxygen atoms in total. The van der Waals surface area contributed by atoms with Gasteiger partial charge >= 0.3 is 5.97 Å². The lowest BCUT2D eigenvalue weighted by Crippen LogP contribution is -2.12. The molecule has 2 heterocycles. The van der Waals surface area contributed by atoms with E-state index in [1.54, 1.807) is 16.7 Å². The van der Waals surface area contributed by atoms with Crippen LogP contribution in [-0.4, -0.2) is 25.4 Å². The zero-order valence-electron chi connectivity index (χ0n) is 11.0. The second-order valence-corrected chi connectivity index (χ2v) is 4.98. The van der Waals surface area contributed by atoms with Crippen molar-refractivity contribution < 1.29 is 9.90 Å². The number of fused-ring (bicyclic) bond motifs is 3. The van der Waals surface area contributed by atoms with Gasteiger partial charge in [0.25, 0.3) is 5.56 Å². The number of hydrogen-bond donors (Lipinski definition) is 2. The molecule has 20 heavy (non-hydrogen) atoms. The van der Waals surface area contributed by atoms with Crippen LogP contribution in [0.3, 0.4) is 0 Å². The van der Waals surface area contributed by atoms with Crippen molar-refractivity contribution in [2.24, 2.45) is 0 Å². The normalized spacial score (nSPS) is 11.6. The molecule has 2 N–H and O–H groups in total. The first-order valence-electron chi connectivity index (χ1n) is 6.25. The smallest absolute Gasteiger partial charge is 0.335 e. The molecule has 0 bridgehead atoms. The largest absolute Gasteiger partial charge is 0.478 e. The van der Waals surface area contributed by atoms with Crippen molar-refractivity contribution in [3.63, 3.8) is 0 Å². The zero-order valence-corrected chi connectivity index (χ0v) is 11.0. The number of H-pyrrole nitrogens is 1. The van der Waals surface area contributed by atoms with Crippen LogP contribution < -0.4 is 5.56 Å². The Morgan fingerprint density at radius 3 is 2.75 bits per heavy atom. The average Bonchev–Trinajstić information content (AvgIpc) is 2.83. The van der Waals surface area contributed by atoms with Crippen LogP contribution in [0.5, 0.6) is 0 Å². The first-order chi connectivity index (χ1) is 9.49. The highest BCUT2D eigenvalue weighted by atomic mass is 16.4. The lowest BCUT2D eigenvalue weighted by atomic mass is 10.1. The van der Waals surface area contributed by atoms with E-state index >= 15 is 0 Å². The van der Waals surface area contributed by atoms with E-state index in [1.807, 2.05) is 13.8 Å². The molecule has 0 saturated heterocycles. The second kappa shape index (κ2) is 4.19. The Kier molecular flexibility index (Phi) is 2.60. The zero-order chi connectivity index (χ0) is 14.4. The summed E-state index contributed by atoms with van der Waals surface area (Å²) in [5.41, 5.74) is 1.55. The number of aromatic carboxylic acids is 1. The number of carboxylic acid groups (broad SMARTS) is 1. The number of aromatic amines is 1. The van der Waals surface area contributed by atoms with Crippen LogP contribution in [-0.2, 0) is 0 Å². The van der Waals surface area contributed by atoms with Gasteiger partial charge in [-0.3, -0.25) is 9.20 Å². The van der Waals surface area contributed by atoms with Gasteiger partial charge in [-0.1, -0.05) is 13.8 Å². The van der Waals surface area contributed by atoms with E-state index in [-0.39, 0.29) is 17.0 Å². The van der Waals surface area contributed by atoms with Crippen molar-refractivity contribution >= 4 is 22.5 Å². The molecule has 1 aromatic carbocycles. The summed E-state index contributed by atoms with van der Waals surface area (Å²) in [6.07, 6.45) is 1.54. The summed E-state index contributed by atoms with van der Waals surface area (Å²) in [4.78, 5) is 30.0. The summed E-state index contributed by atoms with van der Waals surface area (Å²) < 4.78 is 1.78. The van der Waals surface area contributed by atoms with E-state index in [0.717, 1.165) is 11.3 Å². The Labute approximate surface area is 113 Å². The molecular formula is C14H13N3O3. The number of carbonyl (C=O) groups is 1. The van der Waals surface area contributed by atoms with E-state index < -0.39 is 5.97 Å². The van der Waals surface area contributed by atoms with Gasteiger partial charge in [-0.05, 0) is 18.2 Å². The van der Waals surface area contributed by atoms with Crippen molar-refractivity contribution in [3.05, 3.63) is 46.1 Å². The molecule has 0 radical (unpaired) electrons. The van der Waals surface area contributed by atoms with E-state index in [4.69, 9.17) is 5.11 Å². The quantitative estimate of drug-likeness (QED) is 0.746. The van der Waals surface area contributed by atoms with Crippen molar-refractivity contribution in [1.29, 1.82) is 0 Å². The highest BCUT2D eigenvalue weighted by molar-refractivity contribution is 5.92. The number of aromatic nitrogens is 3. The summed E-state index contributed by atoms with van der Waals surface area (Å²) >= 11 is 0. The Morgan fingerprint density at radius 2 is 2.10 bits per heavy atom. The van der Waals surface area contributed by atoms with Gasteiger partial charge in [0, 0.05) is 5.92 Å². The molecular weight excluding hydrogens is 258 g/mol. The first kappa shape index (κ1) is 12.4. The SMILES string of the molecule is CC(C)c1ncc2c(=O)[nH]c3cc(C(=O)O)ccc3n12. The number of nitrogens with one attached hydrogen (secondary N) is 1. The fourth-order valence-corrected chi connectivity index (χ4v) is 2.34. The van der Waals surface area contributed by atoms with Gasteiger partial charge in [0.1, 0.15) is 11.3 Å². The molecule has 0 fully saturated rings. The molecule has 0 aliphatic heterocycles.